The Morgan fingerprint density at radius 3 is 1.81 bits per heavy atom. The van der Waals surface area contributed by atoms with Crippen molar-refractivity contribution in [2.45, 2.75) is 84.4 Å². The van der Waals surface area contributed by atoms with Gasteiger partial charge in [-0.05, 0) is 0 Å². The molecule has 27 heavy (non-hydrogen) atoms. The van der Waals surface area contributed by atoms with Crippen molar-refractivity contribution in [1.82, 2.24) is 0 Å². The van der Waals surface area contributed by atoms with Crippen LogP contribution in [0.1, 0.15) is 64.9 Å². The summed E-state index contributed by atoms with van der Waals surface area (Å²) in [5, 5.41) is 0. The standard InChI is InChI=1S/C10H11O3S.3C4H9.Sn/c1-3-8-13-14(11,12)10-6-4-9(2)5-7-10;3*1-3-4-2;/h1,3-7H,8H2,2H3;3*1,3-4H2,2H3;. The van der Waals surface area contributed by atoms with E-state index in [2.05, 4.69) is 24.9 Å². The fourth-order valence-electron chi connectivity index (χ4n) is 3.41. The third-order valence-electron chi connectivity index (χ3n) is 5.19. The van der Waals surface area contributed by atoms with Crippen LogP contribution in [0.2, 0.25) is 13.3 Å². The maximum absolute atomic E-state index is 12.3. The van der Waals surface area contributed by atoms with E-state index >= 15 is 0 Å². The third kappa shape index (κ3) is 9.14. The Morgan fingerprint density at radius 1 is 0.889 bits per heavy atom. The van der Waals surface area contributed by atoms with Crippen molar-refractivity contribution in [3.63, 3.8) is 0 Å². The van der Waals surface area contributed by atoms with Crippen molar-refractivity contribution in [3.8, 4) is 0 Å². The van der Waals surface area contributed by atoms with Gasteiger partial charge in [0.2, 0.25) is 0 Å². The fraction of sp³-hybridized carbons (Fsp3) is 0.636. The molecule has 0 amide bonds. The first-order valence-corrected chi connectivity index (χ1v) is 19.6. The molecule has 0 N–H and O–H groups in total. The van der Waals surface area contributed by atoms with Gasteiger partial charge in [-0.2, -0.15) is 0 Å². The van der Waals surface area contributed by atoms with E-state index in [0.29, 0.717) is 0 Å². The molecule has 0 radical (unpaired) electrons. The number of unbranched alkanes of at least 4 members (excludes halogenated alkanes) is 3. The van der Waals surface area contributed by atoms with Crippen molar-refractivity contribution in [1.29, 1.82) is 0 Å². The topological polar surface area (TPSA) is 43.4 Å². The Labute approximate surface area is 171 Å². The summed E-state index contributed by atoms with van der Waals surface area (Å²) >= 11 is -2.36. The first kappa shape index (κ1) is 24.7. The molecule has 0 heterocycles. The van der Waals surface area contributed by atoms with Crippen LogP contribution in [0.5, 0.6) is 0 Å². The summed E-state index contributed by atoms with van der Waals surface area (Å²) < 4.78 is 36.6. The minimum absolute atomic E-state index is 0.152. The molecule has 0 aliphatic carbocycles. The molecule has 0 atom stereocenters. The van der Waals surface area contributed by atoms with Crippen LogP contribution < -0.4 is 0 Å². The Balaban J connectivity index is 2.80. The van der Waals surface area contributed by atoms with Crippen molar-refractivity contribution >= 4 is 28.5 Å². The van der Waals surface area contributed by atoms with E-state index in [1.54, 1.807) is 24.3 Å². The van der Waals surface area contributed by atoms with Crippen LogP contribution in [-0.4, -0.2) is 33.4 Å². The Kier molecular flexibility index (Phi) is 11.9. The molecular weight excluding hydrogens is 463 g/mol. The summed E-state index contributed by atoms with van der Waals surface area (Å²) in [6.45, 7) is 8.88. The van der Waals surface area contributed by atoms with E-state index in [1.807, 2.05) is 13.0 Å². The van der Waals surface area contributed by atoms with Crippen LogP contribution in [0.3, 0.4) is 0 Å². The Hall–Kier alpha value is -0.331. The Morgan fingerprint density at radius 2 is 1.37 bits per heavy atom. The summed E-state index contributed by atoms with van der Waals surface area (Å²) in [7, 11) is -3.67. The molecule has 1 rings (SSSR count). The molecule has 0 aliphatic heterocycles. The van der Waals surface area contributed by atoms with Crippen LogP contribution in [0.25, 0.3) is 0 Å². The zero-order chi connectivity index (χ0) is 20.2. The molecule has 1 aromatic carbocycles. The summed E-state index contributed by atoms with van der Waals surface area (Å²) in [5.41, 5.74) is 1.04. The van der Waals surface area contributed by atoms with E-state index in [9.17, 15) is 8.42 Å². The molecule has 0 unspecified atom stereocenters. The minimum atomic E-state index is -3.67. The Bertz CT molecular complexity index is 629. The van der Waals surface area contributed by atoms with Crippen molar-refractivity contribution in [3.05, 3.63) is 40.0 Å². The van der Waals surface area contributed by atoms with Gasteiger partial charge in [-0.25, -0.2) is 0 Å². The molecule has 0 bridgehead atoms. The number of hydrogen-bond donors (Lipinski definition) is 0. The summed E-state index contributed by atoms with van der Waals surface area (Å²) in [5.74, 6) is 0. The maximum atomic E-state index is 12.3. The first-order valence-electron chi connectivity index (χ1n) is 10.5. The van der Waals surface area contributed by atoms with Gasteiger partial charge in [-0.1, -0.05) is 0 Å². The monoisotopic (exact) mass is 502 g/mol. The van der Waals surface area contributed by atoms with Crippen LogP contribution in [0.15, 0.2) is 39.3 Å². The quantitative estimate of drug-likeness (QED) is 0.212. The average molecular weight is 501 g/mol. The average Bonchev–Trinajstić information content (AvgIpc) is 2.66. The molecule has 0 fully saturated rings. The molecule has 3 nitrogen and oxygen atoms in total. The second-order valence-electron chi connectivity index (χ2n) is 7.63. The van der Waals surface area contributed by atoms with Gasteiger partial charge in [0.25, 0.3) is 0 Å². The molecule has 1 aromatic rings. The van der Waals surface area contributed by atoms with E-state index < -0.39 is 28.5 Å². The third-order valence-corrected chi connectivity index (χ3v) is 20.7. The van der Waals surface area contributed by atoms with Gasteiger partial charge in [-0.15, -0.1) is 0 Å². The molecule has 0 saturated heterocycles. The zero-order valence-electron chi connectivity index (χ0n) is 17.7. The number of rotatable bonds is 14. The summed E-state index contributed by atoms with van der Waals surface area (Å²) in [6, 6.07) is 6.82. The second-order valence-corrected chi connectivity index (χ2v) is 22.3. The van der Waals surface area contributed by atoms with E-state index in [4.69, 9.17) is 4.18 Å². The summed E-state index contributed by atoms with van der Waals surface area (Å²) in [6.07, 6.45) is 9.64. The molecule has 154 valence electrons. The van der Waals surface area contributed by atoms with Gasteiger partial charge in [0, 0.05) is 0 Å². The van der Waals surface area contributed by atoms with Gasteiger partial charge < -0.3 is 0 Å². The van der Waals surface area contributed by atoms with Gasteiger partial charge in [-0.3, -0.25) is 0 Å². The van der Waals surface area contributed by atoms with E-state index in [0.717, 1.165) is 5.56 Å². The van der Waals surface area contributed by atoms with Gasteiger partial charge in [0.05, 0.1) is 0 Å². The summed E-state index contributed by atoms with van der Waals surface area (Å²) in [4.78, 5) is 0.235. The second kappa shape index (κ2) is 13.0. The number of aryl methyl sites for hydroxylation is 1. The molecule has 0 aliphatic rings. The number of benzene rings is 1. The van der Waals surface area contributed by atoms with Crippen molar-refractivity contribution in [2.24, 2.45) is 0 Å². The van der Waals surface area contributed by atoms with E-state index in [1.165, 1.54) is 51.8 Å². The molecule has 0 aromatic heterocycles. The van der Waals surface area contributed by atoms with Crippen LogP contribution in [-0.2, 0) is 14.3 Å². The molecule has 0 saturated carbocycles. The van der Waals surface area contributed by atoms with Gasteiger partial charge in [0.1, 0.15) is 0 Å². The predicted molar refractivity (Wildman–Crippen MR) is 118 cm³/mol. The van der Waals surface area contributed by atoms with Gasteiger partial charge in [0.15, 0.2) is 0 Å². The predicted octanol–water partition coefficient (Wildman–Crippen LogP) is 6.64. The van der Waals surface area contributed by atoms with Crippen LogP contribution in [0.4, 0.5) is 0 Å². The molecule has 0 spiro atoms. The molecule has 5 heteroatoms. The fourth-order valence-corrected chi connectivity index (χ4v) is 18.6. The van der Waals surface area contributed by atoms with Gasteiger partial charge >= 0.3 is 172 Å². The number of hydrogen-bond acceptors (Lipinski definition) is 3. The zero-order valence-corrected chi connectivity index (χ0v) is 21.3. The van der Waals surface area contributed by atoms with E-state index in [-0.39, 0.29) is 11.5 Å². The normalized spacial score (nSPS) is 12.7. The van der Waals surface area contributed by atoms with Crippen molar-refractivity contribution in [2.75, 3.05) is 6.61 Å². The SMILES string of the molecule is CCC[CH2][Sn](/[CH]=C\COS(=O)(=O)c1ccc(C)cc1)([CH2]CCC)[CH2]CCC. The van der Waals surface area contributed by atoms with Crippen LogP contribution >= 0.6 is 0 Å². The van der Waals surface area contributed by atoms with Crippen LogP contribution in [0, 0.1) is 6.92 Å². The van der Waals surface area contributed by atoms with Crippen molar-refractivity contribution < 1.29 is 12.6 Å². The molecular formula is C22H38O3SSn. The first-order chi connectivity index (χ1) is 12.9.